The van der Waals surface area contributed by atoms with Crippen LogP contribution in [0.3, 0.4) is 0 Å². The summed E-state index contributed by atoms with van der Waals surface area (Å²) in [6, 6.07) is 19.7. The van der Waals surface area contributed by atoms with E-state index in [4.69, 9.17) is 4.74 Å². The molecular weight excluding hydrogens is 374 g/mol. The molecule has 162 valence electrons. The molecule has 1 aliphatic heterocycles. The van der Waals surface area contributed by atoms with Crippen LogP contribution in [0.25, 0.3) is 0 Å². The lowest BCUT2D eigenvalue weighted by molar-refractivity contribution is 0.211. The van der Waals surface area contributed by atoms with E-state index in [-0.39, 0.29) is 0 Å². The van der Waals surface area contributed by atoms with Crippen molar-refractivity contribution >= 4 is 11.6 Å². The van der Waals surface area contributed by atoms with Crippen molar-refractivity contribution < 1.29 is 4.74 Å². The fourth-order valence-corrected chi connectivity index (χ4v) is 3.81. The predicted octanol–water partition coefficient (Wildman–Crippen LogP) is 3.07. The Morgan fingerprint density at radius 2 is 1.87 bits per heavy atom. The van der Waals surface area contributed by atoms with Crippen molar-refractivity contribution in [2.24, 2.45) is 4.99 Å². The number of methoxy groups -OCH3 is 1. The van der Waals surface area contributed by atoms with Crippen molar-refractivity contribution in [3.63, 3.8) is 0 Å². The SMILES string of the molecule is CN=C(NCc1ccc(NCCOC)cc1)NCC1CCCN1Cc1ccccc1. The number of hydrogen-bond acceptors (Lipinski definition) is 4. The third kappa shape index (κ3) is 7.04. The lowest BCUT2D eigenvalue weighted by Gasteiger charge is -2.25. The second-order valence-corrected chi connectivity index (χ2v) is 7.68. The summed E-state index contributed by atoms with van der Waals surface area (Å²) in [5.74, 6) is 0.851. The van der Waals surface area contributed by atoms with Crippen LogP contribution < -0.4 is 16.0 Å². The van der Waals surface area contributed by atoms with Gasteiger partial charge in [-0.1, -0.05) is 42.5 Å². The van der Waals surface area contributed by atoms with Gasteiger partial charge in [0.2, 0.25) is 0 Å². The topological polar surface area (TPSA) is 60.9 Å². The number of aliphatic imine (C=N–C) groups is 1. The minimum Gasteiger partial charge on any atom is -0.383 e. The quantitative estimate of drug-likeness (QED) is 0.320. The fraction of sp³-hybridized carbons (Fsp3) is 0.458. The first-order valence-electron chi connectivity index (χ1n) is 10.8. The summed E-state index contributed by atoms with van der Waals surface area (Å²) in [6.45, 7) is 5.36. The summed E-state index contributed by atoms with van der Waals surface area (Å²) in [4.78, 5) is 6.96. The van der Waals surface area contributed by atoms with Crippen LogP contribution in [0.1, 0.15) is 24.0 Å². The minimum absolute atomic E-state index is 0.543. The highest BCUT2D eigenvalue weighted by Crippen LogP contribution is 2.19. The van der Waals surface area contributed by atoms with Crippen LogP contribution in [-0.2, 0) is 17.8 Å². The Hall–Kier alpha value is -2.57. The number of benzene rings is 2. The molecule has 1 heterocycles. The van der Waals surface area contributed by atoms with Gasteiger partial charge in [-0.05, 0) is 42.6 Å². The molecule has 0 spiro atoms. The lowest BCUT2D eigenvalue weighted by Crippen LogP contribution is -2.44. The Bertz CT molecular complexity index is 763. The molecule has 30 heavy (non-hydrogen) atoms. The highest BCUT2D eigenvalue weighted by atomic mass is 16.5. The third-order valence-electron chi connectivity index (χ3n) is 5.51. The second kappa shape index (κ2) is 12.2. The van der Waals surface area contributed by atoms with Gasteiger partial charge in [-0.15, -0.1) is 0 Å². The number of rotatable bonds is 10. The van der Waals surface area contributed by atoms with Gasteiger partial charge in [0.15, 0.2) is 5.96 Å². The molecule has 6 heteroatoms. The van der Waals surface area contributed by atoms with E-state index < -0.39 is 0 Å². The van der Waals surface area contributed by atoms with Crippen molar-refractivity contribution in [3.8, 4) is 0 Å². The molecule has 1 unspecified atom stereocenters. The van der Waals surface area contributed by atoms with E-state index in [9.17, 15) is 0 Å². The Kier molecular flexibility index (Phi) is 9.00. The molecule has 6 nitrogen and oxygen atoms in total. The number of nitrogens with one attached hydrogen (secondary N) is 3. The number of anilines is 1. The van der Waals surface area contributed by atoms with E-state index in [0.717, 1.165) is 44.4 Å². The van der Waals surface area contributed by atoms with Crippen molar-refractivity contribution in [3.05, 3.63) is 65.7 Å². The van der Waals surface area contributed by atoms with Crippen molar-refractivity contribution in [2.45, 2.75) is 32.0 Å². The summed E-state index contributed by atoms with van der Waals surface area (Å²) in [7, 11) is 3.54. The first-order valence-corrected chi connectivity index (χ1v) is 10.8. The molecular formula is C24H35N5O. The molecule has 0 saturated carbocycles. The van der Waals surface area contributed by atoms with E-state index in [1.165, 1.54) is 24.0 Å². The van der Waals surface area contributed by atoms with Crippen molar-refractivity contribution in [1.29, 1.82) is 0 Å². The first kappa shape index (κ1) is 22.1. The molecule has 0 bridgehead atoms. The van der Waals surface area contributed by atoms with Crippen LogP contribution in [0.15, 0.2) is 59.6 Å². The molecule has 1 saturated heterocycles. The predicted molar refractivity (Wildman–Crippen MR) is 125 cm³/mol. The summed E-state index contributed by atoms with van der Waals surface area (Å²) >= 11 is 0. The van der Waals surface area contributed by atoms with Gasteiger partial charge in [0.25, 0.3) is 0 Å². The zero-order chi connectivity index (χ0) is 21.0. The molecule has 3 N–H and O–H groups in total. The average Bonchev–Trinajstić information content (AvgIpc) is 3.22. The maximum Gasteiger partial charge on any atom is 0.191 e. The largest absolute Gasteiger partial charge is 0.383 e. The lowest BCUT2D eigenvalue weighted by atomic mass is 10.2. The third-order valence-corrected chi connectivity index (χ3v) is 5.51. The second-order valence-electron chi connectivity index (χ2n) is 7.68. The molecule has 1 aliphatic rings. The average molecular weight is 410 g/mol. The van der Waals surface area contributed by atoms with Crippen molar-refractivity contribution in [2.75, 3.05) is 45.7 Å². The highest BCUT2D eigenvalue weighted by molar-refractivity contribution is 5.79. The summed E-state index contributed by atoms with van der Waals surface area (Å²) in [5.41, 5.74) is 3.71. The normalized spacial score (nSPS) is 17.1. The van der Waals surface area contributed by atoms with Gasteiger partial charge >= 0.3 is 0 Å². The fourth-order valence-electron chi connectivity index (χ4n) is 3.81. The Morgan fingerprint density at radius 1 is 1.07 bits per heavy atom. The maximum absolute atomic E-state index is 5.06. The van der Waals surface area contributed by atoms with Crippen LogP contribution in [0.4, 0.5) is 5.69 Å². The van der Waals surface area contributed by atoms with Gasteiger partial charge in [0, 0.05) is 52.1 Å². The number of hydrogen-bond donors (Lipinski definition) is 3. The molecule has 0 aliphatic carbocycles. The minimum atomic E-state index is 0.543. The zero-order valence-electron chi connectivity index (χ0n) is 18.2. The first-order chi connectivity index (χ1) is 14.8. The number of nitrogens with zero attached hydrogens (tertiary/aromatic N) is 2. The van der Waals surface area contributed by atoms with Gasteiger partial charge in [-0.3, -0.25) is 9.89 Å². The molecule has 3 rings (SSSR count). The van der Waals surface area contributed by atoms with E-state index in [1.54, 1.807) is 7.11 Å². The summed E-state index contributed by atoms with van der Waals surface area (Å²) in [5, 5.41) is 10.3. The Morgan fingerprint density at radius 3 is 2.60 bits per heavy atom. The van der Waals surface area contributed by atoms with Crippen LogP contribution >= 0.6 is 0 Å². The number of guanidine groups is 1. The Labute approximate surface area is 180 Å². The van der Waals surface area contributed by atoms with Gasteiger partial charge in [-0.2, -0.15) is 0 Å². The molecule has 0 aromatic heterocycles. The van der Waals surface area contributed by atoms with Crippen LogP contribution in [0, 0.1) is 0 Å². The van der Waals surface area contributed by atoms with Crippen LogP contribution in [-0.4, -0.2) is 57.3 Å². The zero-order valence-corrected chi connectivity index (χ0v) is 18.2. The molecule has 1 fully saturated rings. The monoisotopic (exact) mass is 409 g/mol. The van der Waals surface area contributed by atoms with Gasteiger partial charge < -0.3 is 20.7 Å². The Balaban J connectivity index is 1.42. The standard InChI is InChI=1S/C24H35N5O/c1-25-24(27-17-20-10-12-22(13-11-20)26-14-16-30-2)28-18-23-9-6-15-29(23)19-21-7-4-3-5-8-21/h3-5,7-8,10-13,23,26H,6,9,14-19H2,1-2H3,(H2,25,27,28). The van der Waals surface area contributed by atoms with Crippen LogP contribution in [0.5, 0.6) is 0 Å². The maximum atomic E-state index is 5.06. The van der Waals surface area contributed by atoms with E-state index >= 15 is 0 Å². The highest BCUT2D eigenvalue weighted by Gasteiger charge is 2.24. The van der Waals surface area contributed by atoms with E-state index in [1.807, 2.05) is 7.05 Å². The van der Waals surface area contributed by atoms with E-state index in [0.29, 0.717) is 12.6 Å². The van der Waals surface area contributed by atoms with Gasteiger partial charge in [0.05, 0.1) is 6.61 Å². The van der Waals surface area contributed by atoms with E-state index in [2.05, 4.69) is 80.4 Å². The van der Waals surface area contributed by atoms with Gasteiger partial charge in [-0.25, -0.2) is 0 Å². The summed E-state index contributed by atoms with van der Waals surface area (Å²) < 4.78 is 5.06. The molecule has 2 aromatic carbocycles. The number of likely N-dealkylation sites (tertiary alicyclic amines) is 1. The van der Waals surface area contributed by atoms with Gasteiger partial charge in [0.1, 0.15) is 0 Å². The smallest absolute Gasteiger partial charge is 0.191 e. The van der Waals surface area contributed by atoms with Crippen molar-refractivity contribution in [1.82, 2.24) is 15.5 Å². The molecule has 1 atom stereocenters. The molecule has 0 amide bonds. The molecule has 2 aromatic rings. The number of ether oxygens (including phenoxy) is 1. The summed E-state index contributed by atoms with van der Waals surface area (Å²) in [6.07, 6.45) is 2.49. The van der Waals surface area contributed by atoms with Crippen LogP contribution in [0.2, 0.25) is 0 Å². The molecule has 0 radical (unpaired) electrons.